The number of hydrogen-bond acceptors (Lipinski definition) is 4. The number of nitrogens with one attached hydrogen (secondary N) is 1. The number of aryl methyl sites for hydroxylation is 2. The van der Waals surface area contributed by atoms with Crippen molar-refractivity contribution in [3.63, 3.8) is 0 Å². The van der Waals surface area contributed by atoms with Crippen LogP contribution >= 0.6 is 0 Å². The number of rotatable bonds is 5. The molecule has 2 aromatic rings. The van der Waals surface area contributed by atoms with Gasteiger partial charge in [0.15, 0.2) is 0 Å². The van der Waals surface area contributed by atoms with Gasteiger partial charge in [-0.15, -0.1) is 0 Å². The SMILES string of the molecule is Cc1cc(CC(=O)N[C@H](C)Cc2ncccc2C)on1. The van der Waals surface area contributed by atoms with Crippen LogP contribution in [0.2, 0.25) is 0 Å². The van der Waals surface area contributed by atoms with Crippen LogP contribution in [-0.2, 0) is 17.6 Å². The molecule has 5 nitrogen and oxygen atoms in total. The lowest BCUT2D eigenvalue weighted by Crippen LogP contribution is -2.35. The van der Waals surface area contributed by atoms with Gasteiger partial charge in [0.25, 0.3) is 0 Å². The molecule has 1 atom stereocenters. The minimum atomic E-state index is -0.0674. The van der Waals surface area contributed by atoms with Gasteiger partial charge in [-0.25, -0.2) is 0 Å². The number of hydrogen-bond donors (Lipinski definition) is 1. The van der Waals surface area contributed by atoms with E-state index in [1.807, 2.05) is 32.9 Å². The zero-order chi connectivity index (χ0) is 14.5. The van der Waals surface area contributed by atoms with Crippen molar-refractivity contribution in [3.05, 3.63) is 47.1 Å². The highest BCUT2D eigenvalue weighted by atomic mass is 16.5. The fourth-order valence-electron chi connectivity index (χ4n) is 2.06. The first-order valence-corrected chi connectivity index (χ1v) is 6.66. The Morgan fingerprint density at radius 3 is 2.90 bits per heavy atom. The van der Waals surface area contributed by atoms with Crippen molar-refractivity contribution in [1.82, 2.24) is 15.5 Å². The molecule has 2 rings (SSSR count). The Bertz CT molecular complexity index is 592. The first-order valence-electron chi connectivity index (χ1n) is 6.66. The van der Waals surface area contributed by atoms with Crippen LogP contribution in [-0.4, -0.2) is 22.1 Å². The normalized spacial score (nSPS) is 12.2. The van der Waals surface area contributed by atoms with E-state index < -0.39 is 0 Å². The van der Waals surface area contributed by atoms with Crippen LogP contribution in [0.15, 0.2) is 28.9 Å². The lowest BCUT2D eigenvalue weighted by Gasteiger charge is -2.14. The number of nitrogens with zero attached hydrogens (tertiary/aromatic N) is 2. The number of aromatic nitrogens is 2. The molecule has 0 fully saturated rings. The molecule has 0 aliphatic rings. The summed E-state index contributed by atoms with van der Waals surface area (Å²) in [6.07, 6.45) is 2.70. The van der Waals surface area contributed by atoms with Gasteiger partial charge in [0.05, 0.1) is 12.1 Å². The summed E-state index contributed by atoms with van der Waals surface area (Å²) in [4.78, 5) is 16.2. The van der Waals surface area contributed by atoms with Crippen LogP contribution in [0.3, 0.4) is 0 Å². The molecule has 1 amide bonds. The highest BCUT2D eigenvalue weighted by Crippen LogP contribution is 2.07. The van der Waals surface area contributed by atoms with Gasteiger partial charge in [0.2, 0.25) is 5.91 Å². The molecule has 0 aliphatic carbocycles. The third-order valence-electron chi connectivity index (χ3n) is 3.04. The molecular weight excluding hydrogens is 254 g/mol. The van der Waals surface area contributed by atoms with Crippen LogP contribution in [0, 0.1) is 13.8 Å². The summed E-state index contributed by atoms with van der Waals surface area (Å²) in [5.74, 6) is 0.517. The van der Waals surface area contributed by atoms with E-state index in [0.29, 0.717) is 12.2 Å². The number of pyridine rings is 1. The maximum Gasteiger partial charge on any atom is 0.227 e. The van der Waals surface area contributed by atoms with Crippen molar-refractivity contribution in [2.75, 3.05) is 0 Å². The van der Waals surface area contributed by atoms with Crippen LogP contribution in [0.25, 0.3) is 0 Å². The average molecular weight is 273 g/mol. The van der Waals surface area contributed by atoms with Crippen LogP contribution in [0.5, 0.6) is 0 Å². The van der Waals surface area contributed by atoms with Crippen molar-refractivity contribution in [3.8, 4) is 0 Å². The van der Waals surface area contributed by atoms with Gasteiger partial charge in [0, 0.05) is 30.4 Å². The summed E-state index contributed by atoms with van der Waals surface area (Å²) in [5, 5.41) is 6.71. The molecule has 5 heteroatoms. The van der Waals surface area contributed by atoms with E-state index in [2.05, 4.69) is 15.5 Å². The van der Waals surface area contributed by atoms with Gasteiger partial charge in [-0.1, -0.05) is 11.2 Å². The molecule has 0 saturated carbocycles. The fourth-order valence-corrected chi connectivity index (χ4v) is 2.06. The molecule has 0 bridgehead atoms. The predicted octanol–water partition coefficient (Wildman–Crippen LogP) is 1.98. The molecule has 106 valence electrons. The molecule has 0 unspecified atom stereocenters. The molecule has 0 spiro atoms. The smallest absolute Gasteiger partial charge is 0.227 e. The van der Waals surface area contributed by atoms with E-state index in [1.165, 1.54) is 0 Å². The van der Waals surface area contributed by atoms with Crippen molar-refractivity contribution in [1.29, 1.82) is 0 Å². The van der Waals surface area contributed by atoms with Gasteiger partial charge in [-0.05, 0) is 32.4 Å². The van der Waals surface area contributed by atoms with E-state index in [-0.39, 0.29) is 18.4 Å². The molecule has 2 heterocycles. The second kappa shape index (κ2) is 6.32. The Morgan fingerprint density at radius 1 is 1.45 bits per heavy atom. The maximum absolute atomic E-state index is 11.9. The highest BCUT2D eigenvalue weighted by molar-refractivity contribution is 5.78. The topological polar surface area (TPSA) is 68.0 Å². The second-order valence-electron chi connectivity index (χ2n) is 5.05. The van der Waals surface area contributed by atoms with Crippen molar-refractivity contribution in [2.24, 2.45) is 0 Å². The Morgan fingerprint density at radius 2 is 2.25 bits per heavy atom. The summed E-state index contributed by atoms with van der Waals surface area (Å²) >= 11 is 0. The van der Waals surface area contributed by atoms with Gasteiger partial charge in [-0.2, -0.15) is 0 Å². The summed E-state index contributed by atoms with van der Waals surface area (Å²) in [6, 6.07) is 5.73. The number of carbonyl (C=O) groups is 1. The monoisotopic (exact) mass is 273 g/mol. The summed E-state index contributed by atoms with van der Waals surface area (Å²) in [6.45, 7) is 5.82. The Labute approximate surface area is 118 Å². The van der Waals surface area contributed by atoms with Crippen molar-refractivity contribution < 1.29 is 9.32 Å². The molecule has 20 heavy (non-hydrogen) atoms. The van der Waals surface area contributed by atoms with Gasteiger partial charge < -0.3 is 9.84 Å². The van der Waals surface area contributed by atoms with E-state index >= 15 is 0 Å². The van der Waals surface area contributed by atoms with Gasteiger partial charge in [0.1, 0.15) is 5.76 Å². The third kappa shape index (κ3) is 3.91. The van der Waals surface area contributed by atoms with Crippen molar-refractivity contribution >= 4 is 5.91 Å². The van der Waals surface area contributed by atoms with E-state index in [4.69, 9.17) is 4.52 Å². The predicted molar refractivity (Wildman–Crippen MR) is 75.2 cm³/mol. The third-order valence-corrected chi connectivity index (χ3v) is 3.04. The van der Waals surface area contributed by atoms with Crippen molar-refractivity contribution in [2.45, 2.75) is 39.7 Å². The molecular formula is C15H19N3O2. The molecule has 0 aromatic carbocycles. The van der Waals surface area contributed by atoms with Gasteiger partial charge in [-0.3, -0.25) is 9.78 Å². The minimum absolute atomic E-state index is 0.0279. The van der Waals surface area contributed by atoms with E-state index in [9.17, 15) is 4.79 Å². The van der Waals surface area contributed by atoms with Crippen LogP contribution in [0.4, 0.5) is 0 Å². The standard InChI is InChI=1S/C15H19N3O2/c1-10-5-4-6-16-14(10)8-11(2)17-15(19)9-13-7-12(3)18-20-13/h4-7,11H,8-9H2,1-3H3,(H,17,19)/t11-/m1/s1. The lowest BCUT2D eigenvalue weighted by molar-refractivity contribution is -0.121. The number of carbonyl (C=O) groups excluding carboxylic acids is 1. The first kappa shape index (κ1) is 14.2. The minimum Gasteiger partial charge on any atom is -0.361 e. The number of amides is 1. The summed E-state index contributed by atoms with van der Waals surface area (Å²) in [5.41, 5.74) is 2.93. The molecule has 0 aliphatic heterocycles. The summed E-state index contributed by atoms with van der Waals surface area (Å²) in [7, 11) is 0. The fraction of sp³-hybridized carbons (Fsp3) is 0.400. The van der Waals surface area contributed by atoms with E-state index in [1.54, 1.807) is 12.3 Å². The van der Waals surface area contributed by atoms with Crippen LogP contribution in [0.1, 0.15) is 29.6 Å². The molecule has 0 radical (unpaired) electrons. The first-order chi connectivity index (χ1) is 9.54. The Kier molecular flexibility index (Phi) is 4.50. The van der Waals surface area contributed by atoms with Gasteiger partial charge >= 0.3 is 0 Å². The Hall–Kier alpha value is -2.17. The molecule has 2 aromatic heterocycles. The largest absolute Gasteiger partial charge is 0.361 e. The quantitative estimate of drug-likeness (QED) is 0.904. The molecule has 1 N–H and O–H groups in total. The second-order valence-corrected chi connectivity index (χ2v) is 5.05. The van der Waals surface area contributed by atoms with E-state index in [0.717, 1.165) is 17.0 Å². The maximum atomic E-state index is 11.9. The summed E-state index contributed by atoms with van der Waals surface area (Å²) < 4.78 is 5.03. The molecule has 0 saturated heterocycles. The average Bonchev–Trinajstić information content (AvgIpc) is 2.77. The Balaban J connectivity index is 1.86. The zero-order valence-electron chi connectivity index (χ0n) is 12.0. The van der Waals surface area contributed by atoms with Crippen LogP contribution < -0.4 is 5.32 Å². The highest BCUT2D eigenvalue weighted by Gasteiger charge is 2.12. The zero-order valence-corrected chi connectivity index (χ0v) is 12.0. The lowest BCUT2D eigenvalue weighted by atomic mass is 10.1.